The van der Waals surface area contributed by atoms with Crippen LogP contribution >= 0.6 is 35.0 Å². The maximum Gasteiger partial charge on any atom is 0.255 e. The Hall–Kier alpha value is -1.27. The van der Waals surface area contributed by atoms with Crippen LogP contribution in [0.3, 0.4) is 0 Å². The van der Waals surface area contributed by atoms with Gasteiger partial charge in [-0.2, -0.15) is 0 Å². The van der Waals surface area contributed by atoms with E-state index in [4.69, 9.17) is 23.2 Å². The van der Waals surface area contributed by atoms with Crippen molar-refractivity contribution in [2.24, 2.45) is 0 Å². The molecule has 0 radical (unpaired) electrons. The number of carbonyl (C=O) groups excluding carboxylic acids is 1. The SMILES string of the molecule is CSc1ccc(Cl)c(C(=O)N2CCN(Cc3ccc(F)cc3Cl)CC2)c1. The van der Waals surface area contributed by atoms with Crippen LogP contribution in [0.2, 0.25) is 10.0 Å². The number of rotatable bonds is 4. The van der Waals surface area contributed by atoms with Crippen LogP contribution in [0.15, 0.2) is 41.3 Å². The molecule has 2 aromatic carbocycles. The molecular weight excluding hydrogens is 394 g/mol. The van der Waals surface area contributed by atoms with E-state index in [0.717, 1.165) is 23.5 Å². The minimum absolute atomic E-state index is 0.0367. The van der Waals surface area contributed by atoms with Crippen LogP contribution in [0.4, 0.5) is 4.39 Å². The molecule has 0 bridgehead atoms. The minimum Gasteiger partial charge on any atom is -0.336 e. The van der Waals surface area contributed by atoms with Gasteiger partial charge in [-0.1, -0.05) is 29.3 Å². The predicted octanol–water partition coefficient (Wildman–Crippen LogP) is 4.81. The Labute approximate surface area is 167 Å². The number of hydrogen-bond donors (Lipinski definition) is 0. The second-order valence-corrected chi connectivity index (χ2v) is 7.84. The standard InChI is InChI=1S/C19H19Cl2FN2OS/c1-26-15-4-5-17(20)16(11-15)19(25)24-8-6-23(7-9-24)12-13-2-3-14(22)10-18(13)21/h2-5,10-11H,6-9,12H2,1H3. The van der Waals surface area contributed by atoms with Gasteiger partial charge < -0.3 is 4.90 Å². The molecule has 0 unspecified atom stereocenters. The average Bonchev–Trinajstić information content (AvgIpc) is 2.64. The van der Waals surface area contributed by atoms with Crippen molar-refractivity contribution in [3.8, 4) is 0 Å². The molecule has 7 heteroatoms. The molecule has 0 saturated carbocycles. The summed E-state index contributed by atoms with van der Waals surface area (Å²) in [5.74, 6) is -0.371. The zero-order valence-electron chi connectivity index (χ0n) is 14.3. The van der Waals surface area contributed by atoms with E-state index in [9.17, 15) is 9.18 Å². The smallest absolute Gasteiger partial charge is 0.255 e. The van der Waals surface area contributed by atoms with Gasteiger partial charge in [-0.05, 0) is 42.2 Å². The molecule has 0 spiro atoms. The lowest BCUT2D eigenvalue weighted by Crippen LogP contribution is -2.48. The van der Waals surface area contributed by atoms with E-state index in [1.54, 1.807) is 23.9 Å². The highest BCUT2D eigenvalue weighted by atomic mass is 35.5. The first kappa shape index (κ1) is 19.5. The first-order chi connectivity index (χ1) is 12.5. The van der Waals surface area contributed by atoms with Crippen molar-refractivity contribution in [2.75, 3.05) is 32.4 Å². The number of halogens is 3. The number of hydrogen-bond acceptors (Lipinski definition) is 3. The lowest BCUT2D eigenvalue weighted by Gasteiger charge is -2.35. The van der Waals surface area contributed by atoms with Crippen molar-refractivity contribution in [3.63, 3.8) is 0 Å². The molecule has 0 aliphatic carbocycles. The summed E-state index contributed by atoms with van der Waals surface area (Å²) in [5.41, 5.74) is 1.44. The Morgan fingerprint density at radius 1 is 1.08 bits per heavy atom. The molecule has 1 heterocycles. The van der Waals surface area contributed by atoms with Gasteiger partial charge in [-0.3, -0.25) is 9.69 Å². The third kappa shape index (κ3) is 4.52. The number of piperazine rings is 1. The predicted molar refractivity (Wildman–Crippen MR) is 106 cm³/mol. The molecule has 3 nitrogen and oxygen atoms in total. The lowest BCUT2D eigenvalue weighted by atomic mass is 10.1. The van der Waals surface area contributed by atoms with E-state index in [2.05, 4.69) is 4.90 Å². The van der Waals surface area contributed by atoms with E-state index in [1.807, 2.05) is 23.3 Å². The fourth-order valence-electron chi connectivity index (χ4n) is 2.97. The summed E-state index contributed by atoms with van der Waals surface area (Å²) in [6.07, 6.45) is 1.97. The lowest BCUT2D eigenvalue weighted by molar-refractivity contribution is 0.0628. The molecule has 138 valence electrons. The zero-order chi connectivity index (χ0) is 18.7. The van der Waals surface area contributed by atoms with E-state index in [1.165, 1.54) is 12.1 Å². The molecule has 1 aliphatic rings. The molecule has 0 N–H and O–H groups in total. The van der Waals surface area contributed by atoms with Gasteiger partial charge in [0.1, 0.15) is 5.82 Å². The Balaban J connectivity index is 1.62. The summed E-state index contributed by atoms with van der Waals surface area (Å²) >= 11 is 13.9. The van der Waals surface area contributed by atoms with Crippen molar-refractivity contribution in [3.05, 3.63) is 63.4 Å². The van der Waals surface area contributed by atoms with Gasteiger partial charge in [0.2, 0.25) is 0 Å². The Morgan fingerprint density at radius 3 is 2.46 bits per heavy atom. The van der Waals surface area contributed by atoms with Crippen LogP contribution in [0, 0.1) is 5.82 Å². The summed E-state index contributed by atoms with van der Waals surface area (Å²) in [5, 5.41) is 0.914. The monoisotopic (exact) mass is 412 g/mol. The molecule has 0 atom stereocenters. The zero-order valence-corrected chi connectivity index (χ0v) is 16.7. The highest BCUT2D eigenvalue weighted by Gasteiger charge is 2.24. The van der Waals surface area contributed by atoms with Gasteiger partial charge >= 0.3 is 0 Å². The topological polar surface area (TPSA) is 23.6 Å². The fourth-order valence-corrected chi connectivity index (χ4v) is 3.83. The molecule has 1 fully saturated rings. The van der Waals surface area contributed by atoms with Crippen LogP contribution in [-0.4, -0.2) is 48.1 Å². The molecule has 26 heavy (non-hydrogen) atoms. The van der Waals surface area contributed by atoms with Crippen molar-refractivity contribution in [1.82, 2.24) is 9.80 Å². The number of carbonyl (C=O) groups is 1. The molecule has 1 saturated heterocycles. The second-order valence-electron chi connectivity index (χ2n) is 6.15. The summed E-state index contributed by atoms with van der Waals surface area (Å²) in [7, 11) is 0. The quantitative estimate of drug-likeness (QED) is 0.672. The molecule has 1 aliphatic heterocycles. The van der Waals surface area contributed by atoms with Crippen molar-refractivity contribution in [1.29, 1.82) is 0 Å². The van der Waals surface area contributed by atoms with E-state index in [0.29, 0.717) is 35.2 Å². The van der Waals surface area contributed by atoms with E-state index in [-0.39, 0.29) is 11.7 Å². The first-order valence-electron chi connectivity index (χ1n) is 8.27. The maximum atomic E-state index is 13.2. The molecule has 3 rings (SSSR count). The largest absolute Gasteiger partial charge is 0.336 e. The minimum atomic E-state index is -0.335. The summed E-state index contributed by atoms with van der Waals surface area (Å²) in [6.45, 7) is 3.36. The molecular formula is C19H19Cl2FN2OS. The first-order valence-corrected chi connectivity index (χ1v) is 10.2. The molecule has 2 aromatic rings. The Morgan fingerprint density at radius 2 is 1.81 bits per heavy atom. The van der Waals surface area contributed by atoms with Crippen molar-refractivity contribution >= 4 is 40.9 Å². The van der Waals surface area contributed by atoms with E-state index >= 15 is 0 Å². The second kappa shape index (κ2) is 8.61. The highest BCUT2D eigenvalue weighted by molar-refractivity contribution is 7.98. The highest BCUT2D eigenvalue weighted by Crippen LogP contribution is 2.25. The van der Waals surface area contributed by atoms with Gasteiger partial charge in [0.25, 0.3) is 5.91 Å². The molecule has 0 aromatic heterocycles. The summed E-state index contributed by atoms with van der Waals surface area (Å²) < 4.78 is 13.2. The number of thioether (sulfide) groups is 1. The van der Waals surface area contributed by atoms with Crippen LogP contribution in [-0.2, 0) is 6.54 Å². The van der Waals surface area contributed by atoms with Gasteiger partial charge in [-0.25, -0.2) is 4.39 Å². The van der Waals surface area contributed by atoms with Crippen molar-refractivity contribution in [2.45, 2.75) is 11.4 Å². The third-order valence-corrected chi connectivity index (χ3v) is 5.88. The Kier molecular flexibility index (Phi) is 6.46. The normalized spacial score (nSPS) is 15.3. The maximum absolute atomic E-state index is 13.2. The van der Waals surface area contributed by atoms with Crippen LogP contribution in [0.5, 0.6) is 0 Å². The Bertz CT molecular complexity index is 810. The van der Waals surface area contributed by atoms with Crippen LogP contribution in [0.1, 0.15) is 15.9 Å². The van der Waals surface area contributed by atoms with Gasteiger partial charge in [0.15, 0.2) is 0 Å². The van der Waals surface area contributed by atoms with Crippen LogP contribution < -0.4 is 0 Å². The number of amides is 1. The average molecular weight is 413 g/mol. The van der Waals surface area contributed by atoms with E-state index < -0.39 is 0 Å². The fraction of sp³-hybridized carbons (Fsp3) is 0.316. The third-order valence-electron chi connectivity index (χ3n) is 4.47. The summed E-state index contributed by atoms with van der Waals surface area (Å²) in [6, 6.07) is 9.99. The van der Waals surface area contributed by atoms with Crippen LogP contribution in [0.25, 0.3) is 0 Å². The summed E-state index contributed by atoms with van der Waals surface area (Å²) in [4.78, 5) is 17.9. The number of nitrogens with zero attached hydrogens (tertiary/aromatic N) is 2. The van der Waals surface area contributed by atoms with Gasteiger partial charge in [-0.15, -0.1) is 11.8 Å². The van der Waals surface area contributed by atoms with Gasteiger partial charge in [0, 0.05) is 42.6 Å². The van der Waals surface area contributed by atoms with Crippen molar-refractivity contribution < 1.29 is 9.18 Å². The molecule has 1 amide bonds. The number of benzene rings is 2. The van der Waals surface area contributed by atoms with Gasteiger partial charge in [0.05, 0.1) is 10.6 Å².